The van der Waals surface area contributed by atoms with E-state index in [0.717, 1.165) is 5.56 Å². The van der Waals surface area contributed by atoms with Gasteiger partial charge in [0.2, 0.25) is 11.8 Å². The lowest BCUT2D eigenvalue weighted by atomic mass is 10.1. The highest BCUT2D eigenvalue weighted by molar-refractivity contribution is 8.15. The van der Waals surface area contributed by atoms with Crippen molar-refractivity contribution in [2.24, 2.45) is 4.99 Å². The van der Waals surface area contributed by atoms with E-state index in [1.807, 2.05) is 12.1 Å². The molecule has 0 unspecified atom stereocenters. The van der Waals surface area contributed by atoms with Gasteiger partial charge in [-0.25, -0.2) is 4.99 Å². The van der Waals surface area contributed by atoms with Gasteiger partial charge in [-0.3, -0.25) is 14.5 Å². The minimum absolute atomic E-state index is 0.00980. The Morgan fingerprint density at radius 1 is 1.03 bits per heavy atom. The van der Waals surface area contributed by atoms with Crippen molar-refractivity contribution in [1.29, 1.82) is 0 Å². The third-order valence-electron chi connectivity index (χ3n) is 5.65. The van der Waals surface area contributed by atoms with Crippen LogP contribution in [0, 0.1) is 0 Å². The average Bonchev–Trinajstić information content (AvgIpc) is 2.92. The molecule has 1 aliphatic rings. The minimum Gasteiger partial charge on any atom is -0.497 e. The molecular formula is C27H26ClN3O5S. The van der Waals surface area contributed by atoms with Crippen LogP contribution in [0.2, 0.25) is 5.02 Å². The van der Waals surface area contributed by atoms with Gasteiger partial charge in [0, 0.05) is 6.42 Å². The van der Waals surface area contributed by atoms with Gasteiger partial charge in [-0.05, 0) is 54.1 Å². The number of thioether (sulfide) groups is 1. The summed E-state index contributed by atoms with van der Waals surface area (Å²) < 4.78 is 16.0. The lowest BCUT2D eigenvalue weighted by molar-refractivity contribution is -0.129. The molecule has 3 aromatic carbocycles. The first-order valence-electron chi connectivity index (χ1n) is 11.4. The number of carbonyl (C=O) groups is 2. The van der Waals surface area contributed by atoms with Crippen LogP contribution in [0.25, 0.3) is 0 Å². The maximum absolute atomic E-state index is 13.4. The fourth-order valence-electron chi connectivity index (χ4n) is 3.70. The molecule has 8 nitrogen and oxygen atoms in total. The van der Waals surface area contributed by atoms with Crippen LogP contribution in [-0.4, -0.2) is 48.5 Å². The van der Waals surface area contributed by atoms with Crippen molar-refractivity contribution in [3.8, 4) is 17.2 Å². The molecule has 3 aromatic rings. The zero-order chi connectivity index (χ0) is 26.4. The van der Waals surface area contributed by atoms with Crippen molar-refractivity contribution in [3.63, 3.8) is 0 Å². The largest absolute Gasteiger partial charge is 0.497 e. The second-order valence-corrected chi connectivity index (χ2v) is 9.62. The van der Waals surface area contributed by atoms with Crippen LogP contribution in [0.5, 0.6) is 17.2 Å². The SMILES string of the molecule is COc1ccc(N=C2S[C@H](C(=O)Nc3ccccc3Cl)CC(=O)N2Cc2ccc(OC)c(OC)c2)cc1. The Hall–Kier alpha value is -3.69. The summed E-state index contributed by atoms with van der Waals surface area (Å²) in [6.07, 6.45) is 0.00980. The Labute approximate surface area is 224 Å². The zero-order valence-electron chi connectivity index (χ0n) is 20.6. The van der Waals surface area contributed by atoms with E-state index in [9.17, 15) is 9.59 Å². The number of benzene rings is 3. The number of hydrogen-bond donors (Lipinski definition) is 1. The number of aliphatic imine (C=N–C) groups is 1. The molecule has 1 saturated heterocycles. The van der Waals surface area contributed by atoms with E-state index in [2.05, 4.69) is 5.32 Å². The molecule has 0 spiro atoms. The summed E-state index contributed by atoms with van der Waals surface area (Å²) in [6, 6.07) is 19.6. The molecule has 37 heavy (non-hydrogen) atoms. The molecule has 1 heterocycles. The molecule has 1 fully saturated rings. The predicted octanol–water partition coefficient (Wildman–Crippen LogP) is 5.53. The molecule has 0 radical (unpaired) electrons. The number of methoxy groups -OCH3 is 3. The Morgan fingerprint density at radius 3 is 2.43 bits per heavy atom. The molecule has 0 saturated carbocycles. The third-order valence-corrected chi connectivity index (χ3v) is 7.17. The minimum atomic E-state index is -0.678. The number of hydrogen-bond acceptors (Lipinski definition) is 7. The molecule has 1 N–H and O–H groups in total. The summed E-state index contributed by atoms with van der Waals surface area (Å²) in [7, 11) is 4.71. The van der Waals surface area contributed by atoms with Crippen molar-refractivity contribution in [2.45, 2.75) is 18.2 Å². The molecule has 192 valence electrons. The van der Waals surface area contributed by atoms with Gasteiger partial charge in [0.05, 0.1) is 44.3 Å². The summed E-state index contributed by atoms with van der Waals surface area (Å²) >= 11 is 7.44. The highest BCUT2D eigenvalue weighted by Gasteiger charge is 2.36. The number of nitrogens with zero attached hydrogens (tertiary/aromatic N) is 2. The lowest BCUT2D eigenvalue weighted by Crippen LogP contribution is -2.44. The average molecular weight is 540 g/mol. The van der Waals surface area contributed by atoms with Crippen LogP contribution in [-0.2, 0) is 16.1 Å². The molecule has 0 aromatic heterocycles. The number of halogens is 1. The fraction of sp³-hybridized carbons (Fsp3) is 0.222. The van der Waals surface area contributed by atoms with Crippen LogP contribution < -0.4 is 19.5 Å². The van der Waals surface area contributed by atoms with Crippen LogP contribution in [0.4, 0.5) is 11.4 Å². The van der Waals surface area contributed by atoms with Crippen molar-refractivity contribution in [1.82, 2.24) is 4.90 Å². The Kier molecular flexibility index (Phi) is 8.58. The van der Waals surface area contributed by atoms with Crippen molar-refractivity contribution in [2.75, 3.05) is 26.6 Å². The standard InChI is InChI=1S/C27H26ClN3O5S/c1-34-19-11-9-18(10-12-19)29-27-31(16-17-8-13-22(35-2)23(14-17)36-3)25(32)15-24(37-27)26(33)30-21-7-5-4-6-20(21)28/h4-14,24H,15-16H2,1-3H3,(H,30,33)/t24-/m0/s1. The maximum Gasteiger partial charge on any atom is 0.238 e. The van der Waals surface area contributed by atoms with E-state index in [-0.39, 0.29) is 24.8 Å². The lowest BCUT2D eigenvalue weighted by Gasteiger charge is -2.32. The van der Waals surface area contributed by atoms with E-state index < -0.39 is 5.25 Å². The number of amides is 2. The molecule has 10 heteroatoms. The Balaban J connectivity index is 1.63. The van der Waals surface area contributed by atoms with Crippen LogP contribution in [0.15, 0.2) is 71.7 Å². The fourth-order valence-corrected chi connectivity index (χ4v) is 4.98. The second kappa shape index (κ2) is 12.0. The van der Waals surface area contributed by atoms with Crippen molar-refractivity contribution < 1.29 is 23.8 Å². The van der Waals surface area contributed by atoms with Gasteiger partial charge in [0.15, 0.2) is 16.7 Å². The van der Waals surface area contributed by atoms with Gasteiger partial charge in [0.25, 0.3) is 0 Å². The molecule has 1 aliphatic heterocycles. The number of ether oxygens (including phenoxy) is 3. The molecule has 1 atom stereocenters. The second-order valence-electron chi connectivity index (χ2n) is 8.04. The monoisotopic (exact) mass is 539 g/mol. The summed E-state index contributed by atoms with van der Waals surface area (Å²) in [4.78, 5) is 32.8. The molecule has 2 amide bonds. The molecular weight excluding hydrogens is 514 g/mol. The maximum atomic E-state index is 13.4. The molecule has 0 aliphatic carbocycles. The number of anilines is 1. The van der Waals surface area contributed by atoms with Gasteiger partial charge in [0.1, 0.15) is 11.0 Å². The van der Waals surface area contributed by atoms with Crippen LogP contribution in [0.3, 0.4) is 0 Å². The Bertz CT molecular complexity index is 1320. The van der Waals surface area contributed by atoms with Gasteiger partial charge < -0.3 is 19.5 Å². The normalized spacial score (nSPS) is 16.4. The van der Waals surface area contributed by atoms with Gasteiger partial charge in [-0.15, -0.1) is 0 Å². The van der Waals surface area contributed by atoms with Crippen molar-refractivity contribution in [3.05, 3.63) is 77.3 Å². The first kappa shape index (κ1) is 26.4. The third kappa shape index (κ3) is 6.36. The van der Waals surface area contributed by atoms with E-state index in [4.69, 9.17) is 30.8 Å². The Morgan fingerprint density at radius 2 is 1.76 bits per heavy atom. The number of nitrogens with one attached hydrogen (secondary N) is 1. The summed E-state index contributed by atoms with van der Waals surface area (Å²) in [5.41, 5.74) is 1.94. The summed E-state index contributed by atoms with van der Waals surface area (Å²) in [5, 5.41) is 2.98. The van der Waals surface area contributed by atoms with E-state index >= 15 is 0 Å². The molecule has 4 rings (SSSR count). The van der Waals surface area contributed by atoms with Crippen LogP contribution in [0.1, 0.15) is 12.0 Å². The zero-order valence-corrected chi connectivity index (χ0v) is 22.1. The highest BCUT2D eigenvalue weighted by atomic mass is 35.5. The predicted molar refractivity (Wildman–Crippen MR) is 146 cm³/mol. The smallest absolute Gasteiger partial charge is 0.238 e. The number of para-hydroxylation sites is 1. The van der Waals surface area contributed by atoms with Gasteiger partial charge in [-0.2, -0.15) is 0 Å². The van der Waals surface area contributed by atoms with Crippen LogP contribution >= 0.6 is 23.4 Å². The van der Waals surface area contributed by atoms with E-state index in [0.29, 0.717) is 38.8 Å². The first-order chi connectivity index (χ1) is 17.9. The number of rotatable bonds is 8. The summed E-state index contributed by atoms with van der Waals surface area (Å²) in [6.45, 7) is 0.250. The molecule has 0 bridgehead atoms. The van der Waals surface area contributed by atoms with E-state index in [1.54, 1.807) is 80.8 Å². The van der Waals surface area contributed by atoms with E-state index in [1.165, 1.54) is 11.8 Å². The number of amidine groups is 1. The topological polar surface area (TPSA) is 89.5 Å². The summed E-state index contributed by atoms with van der Waals surface area (Å²) in [5.74, 6) is 1.30. The number of carbonyl (C=O) groups excluding carboxylic acids is 2. The van der Waals surface area contributed by atoms with Gasteiger partial charge >= 0.3 is 0 Å². The van der Waals surface area contributed by atoms with Crippen molar-refractivity contribution >= 4 is 51.7 Å². The first-order valence-corrected chi connectivity index (χ1v) is 12.6. The highest BCUT2D eigenvalue weighted by Crippen LogP contribution is 2.34. The quantitative estimate of drug-likeness (QED) is 0.405. The van der Waals surface area contributed by atoms with Gasteiger partial charge in [-0.1, -0.05) is 41.6 Å².